The van der Waals surface area contributed by atoms with Gasteiger partial charge >= 0.3 is 0 Å². The summed E-state index contributed by atoms with van der Waals surface area (Å²) < 4.78 is 16.6. The molecule has 18 rings (SSSR count). The summed E-state index contributed by atoms with van der Waals surface area (Å²) in [5, 5.41) is 12.1. The van der Waals surface area contributed by atoms with Crippen LogP contribution in [0.3, 0.4) is 0 Å². The van der Waals surface area contributed by atoms with Crippen molar-refractivity contribution in [2.24, 2.45) is 0 Å². The van der Waals surface area contributed by atoms with Gasteiger partial charge in [-0.15, -0.1) is 0 Å². The summed E-state index contributed by atoms with van der Waals surface area (Å²) in [6.45, 7) is 0. The lowest BCUT2D eigenvalue weighted by Crippen LogP contribution is -1.94. The van der Waals surface area contributed by atoms with E-state index < -0.39 is 0 Å². The highest BCUT2D eigenvalue weighted by Gasteiger charge is 2.24. The van der Waals surface area contributed by atoms with E-state index >= 15 is 0 Å². The summed E-state index contributed by atoms with van der Waals surface area (Å²) in [5.41, 5.74) is 22.6. The first-order chi connectivity index (χ1) is 41.2. The number of rotatable bonds is 7. The molecule has 0 radical (unpaired) electrons. The molecule has 0 atom stereocenters. The lowest BCUT2D eigenvalue weighted by Gasteiger charge is -2.10. The van der Waals surface area contributed by atoms with Crippen LogP contribution >= 0.6 is 0 Å². The Labute approximate surface area is 476 Å². The van der Waals surface area contributed by atoms with Crippen LogP contribution in [0.25, 0.3) is 165 Å². The van der Waals surface area contributed by atoms with Gasteiger partial charge in [-0.05, 0) is 143 Å². The van der Waals surface area contributed by atoms with Gasteiger partial charge in [0.05, 0.1) is 44.1 Å². The Bertz CT molecular complexity index is 5640. The standard InChI is InChI=1S/C78H48N4O/c1-4-17-49(18-5-1)50-31-37-56(38-32-50)81-67-30-15-12-25-62(67)76-71(81)44-45-72-77(76)64-48-52(35-41-68(64)80(72)55-21-8-3-9-22-55)53-36-46-73-63(47-53)59-27-16-26-58(78(59)83-73)51-33-39-57(40-34-51)82-66-29-14-11-24-61(66)75-70(82)43-42-69-74(75)60-23-10-13-28-65(60)79(69)54-19-6-2-7-20-54/h1-48H. The summed E-state index contributed by atoms with van der Waals surface area (Å²) in [4.78, 5) is 0. The zero-order valence-electron chi connectivity index (χ0n) is 44.9. The molecule has 5 nitrogen and oxygen atoms in total. The largest absolute Gasteiger partial charge is 0.455 e. The number of fused-ring (bicyclic) bond motifs is 17. The molecule has 5 aromatic heterocycles. The number of aromatic nitrogens is 4. The highest BCUT2D eigenvalue weighted by molar-refractivity contribution is 6.30. The van der Waals surface area contributed by atoms with Crippen molar-refractivity contribution in [3.05, 3.63) is 291 Å². The van der Waals surface area contributed by atoms with Gasteiger partial charge in [-0.1, -0.05) is 176 Å². The van der Waals surface area contributed by atoms with Crippen molar-refractivity contribution in [2.45, 2.75) is 0 Å². The highest BCUT2D eigenvalue weighted by atomic mass is 16.3. The third kappa shape index (κ3) is 6.70. The van der Waals surface area contributed by atoms with Crippen molar-refractivity contribution in [1.82, 2.24) is 18.3 Å². The lowest BCUT2D eigenvalue weighted by atomic mass is 9.98. The van der Waals surface area contributed by atoms with E-state index in [0.717, 1.165) is 66.9 Å². The second-order valence-electron chi connectivity index (χ2n) is 22.0. The monoisotopic (exact) mass is 1060 g/mol. The molecule has 0 saturated heterocycles. The highest BCUT2D eigenvalue weighted by Crippen LogP contribution is 2.46. The molecule has 83 heavy (non-hydrogen) atoms. The Balaban J connectivity index is 0.757. The summed E-state index contributed by atoms with van der Waals surface area (Å²) >= 11 is 0. The van der Waals surface area contributed by atoms with Crippen molar-refractivity contribution >= 4 is 109 Å². The van der Waals surface area contributed by atoms with Gasteiger partial charge in [0, 0.05) is 82.2 Å². The van der Waals surface area contributed by atoms with Crippen LogP contribution in [-0.2, 0) is 0 Å². The van der Waals surface area contributed by atoms with Gasteiger partial charge in [0.25, 0.3) is 0 Å². The summed E-state index contributed by atoms with van der Waals surface area (Å²) in [7, 11) is 0. The third-order valence-electron chi connectivity index (χ3n) is 17.6. The number of furan rings is 1. The van der Waals surface area contributed by atoms with Crippen molar-refractivity contribution in [2.75, 3.05) is 0 Å². The molecule has 386 valence electrons. The van der Waals surface area contributed by atoms with Crippen molar-refractivity contribution in [1.29, 1.82) is 0 Å². The number of hydrogen-bond donors (Lipinski definition) is 0. The predicted molar refractivity (Wildman–Crippen MR) is 347 cm³/mol. The topological polar surface area (TPSA) is 32.9 Å². The van der Waals surface area contributed by atoms with Crippen molar-refractivity contribution in [3.8, 4) is 56.1 Å². The Morgan fingerprint density at radius 2 is 0.554 bits per heavy atom. The Kier molecular flexibility index (Phi) is 9.73. The maximum absolute atomic E-state index is 6.88. The second kappa shape index (κ2) is 17.7. The van der Waals surface area contributed by atoms with Crippen LogP contribution in [0.4, 0.5) is 0 Å². The zero-order chi connectivity index (χ0) is 54.3. The number of nitrogens with zero attached hydrogens (tertiary/aromatic N) is 4. The minimum absolute atomic E-state index is 0.867. The molecule has 5 heteroatoms. The van der Waals surface area contributed by atoms with Gasteiger partial charge in [0.1, 0.15) is 11.2 Å². The molecule has 5 heterocycles. The second-order valence-corrected chi connectivity index (χ2v) is 22.0. The van der Waals surface area contributed by atoms with Gasteiger partial charge in [-0.2, -0.15) is 0 Å². The number of para-hydroxylation sites is 6. The van der Waals surface area contributed by atoms with Crippen LogP contribution < -0.4 is 0 Å². The summed E-state index contributed by atoms with van der Waals surface area (Å²) in [6, 6.07) is 106. The molecule has 0 fully saturated rings. The SMILES string of the molecule is c1ccc(-c2ccc(-n3c4ccccc4c4c5c6cc(-c7ccc8oc9c(-c%10ccc(-n%11c%12ccccc%12c%12c%13c%14ccccc%14n(-c%14ccccc%14)c%13ccc%12%11)cc%10)cccc9c8c7)ccc6n(-c6ccccc6)c5ccc43)cc2)cc1. The average Bonchev–Trinajstić information content (AvgIpc) is 1.98. The first-order valence-corrected chi connectivity index (χ1v) is 28.5. The normalized spacial score (nSPS) is 12.1. The van der Waals surface area contributed by atoms with E-state index in [1.807, 2.05) is 0 Å². The quantitative estimate of drug-likeness (QED) is 0.157. The van der Waals surface area contributed by atoms with Gasteiger partial charge in [0.2, 0.25) is 0 Å². The number of benzene rings is 13. The van der Waals surface area contributed by atoms with Crippen LogP contribution in [0.2, 0.25) is 0 Å². The van der Waals surface area contributed by atoms with E-state index in [2.05, 4.69) is 309 Å². The van der Waals surface area contributed by atoms with Crippen molar-refractivity contribution < 1.29 is 4.42 Å². The van der Waals surface area contributed by atoms with E-state index in [-0.39, 0.29) is 0 Å². The van der Waals surface area contributed by atoms with Crippen LogP contribution in [0.1, 0.15) is 0 Å². The molecule has 13 aromatic carbocycles. The smallest absolute Gasteiger partial charge is 0.143 e. The summed E-state index contributed by atoms with van der Waals surface area (Å²) in [5.74, 6) is 0. The molecule has 0 aliphatic heterocycles. The average molecular weight is 1060 g/mol. The van der Waals surface area contributed by atoms with E-state index in [1.165, 1.54) is 98.4 Å². The maximum Gasteiger partial charge on any atom is 0.143 e. The van der Waals surface area contributed by atoms with E-state index in [0.29, 0.717) is 0 Å². The molecule has 0 bridgehead atoms. The number of hydrogen-bond acceptors (Lipinski definition) is 1. The fourth-order valence-electron chi connectivity index (χ4n) is 14.0. The minimum atomic E-state index is 0.867. The molecule has 0 amide bonds. The third-order valence-corrected chi connectivity index (χ3v) is 17.6. The molecule has 18 aromatic rings. The maximum atomic E-state index is 6.88. The fraction of sp³-hybridized carbons (Fsp3) is 0. The first kappa shape index (κ1) is 45.7. The molecule has 0 aliphatic rings. The Morgan fingerprint density at radius 3 is 1.06 bits per heavy atom. The zero-order valence-corrected chi connectivity index (χ0v) is 44.9. The summed E-state index contributed by atoms with van der Waals surface area (Å²) in [6.07, 6.45) is 0. The minimum Gasteiger partial charge on any atom is -0.455 e. The molecular weight excluding hydrogens is 1010 g/mol. The van der Waals surface area contributed by atoms with Crippen LogP contribution in [0.15, 0.2) is 296 Å². The van der Waals surface area contributed by atoms with E-state index in [4.69, 9.17) is 4.42 Å². The van der Waals surface area contributed by atoms with Crippen LogP contribution in [0, 0.1) is 0 Å². The lowest BCUT2D eigenvalue weighted by molar-refractivity contribution is 0.670. The van der Waals surface area contributed by atoms with Gasteiger partial charge in [-0.25, -0.2) is 0 Å². The molecular formula is C78H48N4O. The predicted octanol–water partition coefficient (Wildman–Crippen LogP) is 21.0. The molecule has 0 N–H and O–H groups in total. The fourth-order valence-corrected chi connectivity index (χ4v) is 14.0. The first-order valence-electron chi connectivity index (χ1n) is 28.5. The molecule has 0 saturated carbocycles. The van der Waals surface area contributed by atoms with Crippen LogP contribution in [0.5, 0.6) is 0 Å². The van der Waals surface area contributed by atoms with Gasteiger partial charge in [0.15, 0.2) is 0 Å². The molecule has 0 spiro atoms. The van der Waals surface area contributed by atoms with Crippen LogP contribution in [-0.4, -0.2) is 18.3 Å². The molecule has 0 unspecified atom stereocenters. The van der Waals surface area contributed by atoms with Crippen molar-refractivity contribution in [3.63, 3.8) is 0 Å². The van der Waals surface area contributed by atoms with Gasteiger partial charge in [-0.3, -0.25) is 0 Å². The van der Waals surface area contributed by atoms with Gasteiger partial charge < -0.3 is 22.7 Å². The van der Waals surface area contributed by atoms with E-state index in [9.17, 15) is 0 Å². The van der Waals surface area contributed by atoms with E-state index in [1.54, 1.807) is 0 Å². The Hall–Kier alpha value is -11.1. The Morgan fingerprint density at radius 1 is 0.205 bits per heavy atom. The molecule has 0 aliphatic carbocycles.